The van der Waals surface area contributed by atoms with Crippen LogP contribution in [0.3, 0.4) is 0 Å². The van der Waals surface area contributed by atoms with Crippen LogP contribution in [0.15, 0.2) is 18.2 Å². The van der Waals surface area contributed by atoms with Crippen LogP contribution in [0.5, 0.6) is 0 Å². The summed E-state index contributed by atoms with van der Waals surface area (Å²) >= 11 is 0. The molecule has 0 unspecified atom stereocenters. The molecule has 6 nitrogen and oxygen atoms in total. The van der Waals surface area contributed by atoms with Crippen molar-refractivity contribution in [2.45, 2.75) is 32.1 Å². The molecule has 1 aliphatic rings. The lowest BCUT2D eigenvalue weighted by Crippen LogP contribution is -2.18. The molecular weight excluding hydrogens is 304 g/mol. The first-order chi connectivity index (χ1) is 11.6. The van der Waals surface area contributed by atoms with Crippen LogP contribution in [0.2, 0.25) is 0 Å². The maximum Gasteiger partial charge on any atom is 0.295 e. The van der Waals surface area contributed by atoms with E-state index in [1.807, 2.05) is 6.07 Å². The summed E-state index contributed by atoms with van der Waals surface area (Å²) in [6, 6.07) is 5.24. The fourth-order valence-corrected chi connectivity index (χ4v) is 3.39. The van der Waals surface area contributed by atoms with E-state index in [0.29, 0.717) is 5.52 Å². The van der Waals surface area contributed by atoms with Crippen LogP contribution in [-0.2, 0) is 12.8 Å². The molecule has 1 aromatic heterocycles. The molecule has 1 heterocycles. The Morgan fingerprint density at radius 3 is 2.83 bits per heavy atom. The summed E-state index contributed by atoms with van der Waals surface area (Å²) in [6.07, 6.45) is 5.19. The summed E-state index contributed by atoms with van der Waals surface area (Å²) in [5.74, 6) is 0. The Kier molecular flexibility index (Phi) is 4.94. The summed E-state index contributed by atoms with van der Waals surface area (Å²) in [5.41, 5.74) is 3.94. The summed E-state index contributed by atoms with van der Waals surface area (Å²) < 4.78 is 0. The quantitative estimate of drug-likeness (QED) is 0.500. The van der Waals surface area contributed by atoms with Crippen molar-refractivity contribution in [2.24, 2.45) is 0 Å². The van der Waals surface area contributed by atoms with Gasteiger partial charge in [0, 0.05) is 29.4 Å². The highest BCUT2D eigenvalue weighted by Gasteiger charge is 2.22. The molecule has 0 bridgehead atoms. The summed E-state index contributed by atoms with van der Waals surface area (Å²) in [6.45, 7) is 1.87. The van der Waals surface area contributed by atoms with E-state index < -0.39 is 0 Å². The van der Waals surface area contributed by atoms with Crippen molar-refractivity contribution in [3.05, 3.63) is 39.6 Å². The molecule has 0 amide bonds. The predicted octanol–water partition coefficient (Wildman–Crippen LogP) is 3.39. The number of hydrogen-bond acceptors (Lipinski definition) is 5. The Morgan fingerprint density at radius 2 is 2.08 bits per heavy atom. The Labute approximate surface area is 142 Å². The number of anilines is 1. The van der Waals surface area contributed by atoms with Crippen molar-refractivity contribution >= 4 is 22.3 Å². The highest BCUT2D eigenvalue weighted by Crippen LogP contribution is 2.36. The normalized spacial score (nSPS) is 14.0. The molecule has 0 saturated heterocycles. The van der Waals surface area contributed by atoms with Gasteiger partial charge in [0.1, 0.15) is 0 Å². The van der Waals surface area contributed by atoms with Gasteiger partial charge in [-0.05, 0) is 58.3 Å². The van der Waals surface area contributed by atoms with Crippen LogP contribution >= 0.6 is 0 Å². The van der Waals surface area contributed by atoms with Gasteiger partial charge in [-0.1, -0.05) is 12.1 Å². The number of non-ortho nitro benzene ring substituents is 1. The van der Waals surface area contributed by atoms with Gasteiger partial charge >= 0.3 is 0 Å². The highest BCUT2D eigenvalue weighted by atomic mass is 16.6. The van der Waals surface area contributed by atoms with Crippen molar-refractivity contribution in [2.75, 3.05) is 32.5 Å². The lowest BCUT2D eigenvalue weighted by molar-refractivity contribution is -0.383. The summed E-state index contributed by atoms with van der Waals surface area (Å²) in [4.78, 5) is 17.9. The van der Waals surface area contributed by atoms with Gasteiger partial charge in [-0.2, -0.15) is 0 Å². The summed E-state index contributed by atoms with van der Waals surface area (Å²) in [7, 11) is 4.13. The van der Waals surface area contributed by atoms with Crippen molar-refractivity contribution in [3.8, 4) is 0 Å². The SMILES string of the molecule is CN(C)CCCNc1c2c(nc3c([N+](=O)[O-])cccc13)CCCC2. The zero-order chi connectivity index (χ0) is 17.1. The number of pyridine rings is 1. The summed E-state index contributed by atoms with van der Waals surface area (Å²) in [5, 5.41) is 15.8. The molecule has 3 rings (SSSR count). The standard InChI is InChI=1S/C18H24N4O2/c1-21(2)12-6-11-19-17-13-7-3-4-9-15(13)20-18-14(17)8-5-10-16(18)22(23)24/h5,8,10H,3-4,6-7,9,11-12H2,1-2H3,(H,19,20). The molecule has 0 fully saturated rings. The molecule has 128 valence electrons. The molecule has 0 saturated carbocycles. The first kappa shape index (κ1) is 16.6. The molecule has 24 heavy (non-hydrogen) atoms. The minimum absolute atomic E-state index is 0.0946. The van der Waals surface area contributed by atoms with Crippen LogP contribution in [0.25, 0.3) is 10.9 Å². The number of nitro benzene ring substituents is 1. The van der Waals surface area contributed by atoms with Crippen LogP contribution < -0.4 is 5.32 Å². The highest BCUT2D eigenvalue weighted by molar-refractivity contribution is 5.98. The second-order valence-electron chi connectivity index (χ2n) is 6.63. The molecule has 0 atom stereocenters. The van der Waals surface area contributed by atoms with Crippen LogP contribution in [0.4, 0.5) is 11.4 Å². The van der Waals surface area contributed by atoms with Gasteiger partial charge in [0.25, 0.3) is 5.69 Å². The number of hydrogen-bond donors (Lipinski definition) is 1. The maximum atomic E-state index is 11.4. The second kappa shape index (κ2) is 7.13. The fraction of sp³-hybridized carbons (Fsp3) is 0.500. The van der Waals surface area contributed by atoms with Gasteiger partial charge in [0.2, 0.25) is 0 Å². The van der Waals surface area contributed by atoms with E-state index in [0.717, 1.165) is 62.0 Å². The number of aryl methyl sites for hydroxylation is 1. The Bertz CT molecular complexity index is 758. The van der Waals surface area contributed by atoms with E-state index in [-0.39, 0.29) is 10.6 Å². The maximum absolute atomic E-state index is 11.4. The topological polar surface area (TPSA) is 71.3 Å². The molecule has 1 aliphatic carbocycles. The number of nitrogens with one attached hydrogen (secondary N) is 1. The lowest BCUT2D eigenvalue weighted by Gasteiger charge is -2.22. The minimum atomic E-state index is -0.333. The first-order valence-electron chi connectivity index (χ1n) is 8.55. The zero-order valence-corrected chi connectivity index (χ0v) is 14.3. The van der Waals surface area contributed by atoms with Gasteiger partial charge in [-0.25, -0.2) is 4.98 Å². The van der Waals surface area contributed by atoms with E-state index >= 15 is 0 Å². The number of benzene rings is 1. The van der Waals surface area contributed by atoms with Crippen molar-refractivity contribution in [1.29, 1.82) is 0 Å². The lowest BCUT2D eigenvalue weighted by atomic mass is 9.92. The molecule has 0 spiro atoms. The molecule has 6 heteroatoms. The fourth-order valence-electron chi connectivity index (χ4n) is 3.39. The van der Waals surface area contributed by atoms with Gasteiger partial charge in [0.15, 0.2) is 5.52 Å². The number of aromatic nitrogens is 1. The predicted molar refractivity (Wildman–Crippen MR) is 96.7 cm³/mol. The average Bonchev–Trinajstić information content (AvgIpc) is 2.56. The van der Waals surface area contributed by atoms with E-state index in [2.05, 4.69) is 29.3 Å². The zero-order valence-electron chi connectivity index (χ0n) is 14.3. The molecule has 0 aliphatic heterocycles. The number of nitro groups is 1. The second-order valence-corrected chi connectivity index (χ2v) is 6.63. The van der Waals surface area contributed by atoms with E-state index in [1.54, 1.807) is 12.1 Å². The third-order valence-electron chi connectivity index (χ3n) is 4.55. The largest absolute Gasteiger partial charge is 0.384 e. The van der Waals surface area contributed by atoms with E-state index in [1.165, 1.54) is 5.56 Å². The molecular formula is C18H24N4O2. The minimum Gasteiger partial charge on any atom is -0.384 e. The third-order valence-corrected chi connectivity index (χ3v) is 4.55. The van der Waals surface area contributed by atoms with Crippen LogP contribution in [0, 0.1) is 10.1 Å². The third kappa shape index (κ3) is 3.33. The van der Waals surface area contributed by atoms with Crippen molar-refractivity contribution in [1.82, 2.24) is 9.88 Å². The molecule has 2 aromatic rings. The van der Waals surface area contributed by atoms with Crippen molar-refractivity contribution < 1.29 is 4.92 Å². The van der Waals surface area contributed by atoms with Crippen LogP contribution in [0.1, 0.15) is 30.5 Å². The van der Waals surface area contributed by atoms with E-state index in [4.69, 9.17) is 0 Å². The average molecular weight is 328 g/mol. The molecule has 1 aromatic carbocycles. The van der Waals surface area contributed by atoms with Gasteiger partial charge in [0.05, 0.1) is 4.92 Å². The monoisotopic (exact) mass is 328 g/mol. The smallest absolute Gasteiger partial charge is 0.295 e. The van der Waals surface area contributed by atoms with Crippen LogP contribution in [-0.4, -0.2) is 42.0 Å². The Balaban J connectivity index is 2.03. The number of rotatable bonds is 6. The van der Waals surface area contributed by atoms with E-state index in [9.17, 15) is 10.1 Å². The Hall–Kier alpha value is -2.21. The molecule has 0 radical (unpaired) electrons. The van der Waals surface area contributed by atoms with Gasteiger partial charge in [-0.3, -0.25) is 10.1 Å². The van der Waals surface area contributed by atoms with Crippen molar-refractivity contribution in [3.63, 3.8) is 0 Å². The Morgan fingerprint density at radius 1 is 1.29 bits per heavy atom. The number of fused-ring (bicyclic) bond motifs is 2. The number of nitrogens with zero attached hydrogens (tertiary/aromatic N) is 3. The van der Waals surface area contributed by atoms with Gasteiger partial charge in [-0.15, -0.1) is 0 Å². The first-order valence-corrected chi connectivity index (χ1v) is 8.55. The molecule has 1 N–H and O–H groups in total. The van der Waals surface area contributed by atoms with Gasteiger partial charge < -0.3 is 10.2 Å². The number of para-hydroxylation sites is 1.